The van der Waals surface area contributed by atoms with Gasteiger partial charge in [-0.25, -0.2) is 0 Å². The van der Waals surface area contributed by atoms with Crippen LogP contribution in [0.2, 0.25) is 0 Å². The minimum atomic E-state index is -0.136. The number of para-hydroxylation sites is 1. The van der Waals surface area contributed by atoms with E-state index in [2.05, 4.69) is 12.2 Å². The number of esters is 1. The summed E-state index contributed by atoms with van der Waals surface area (Å²) in [5.74, 6) is -0.262. The lowest BCUT2D eigenvalue weighted by Crippen LogP contribution is -2.14. The molecule has 1 aliphatic heterocycles. The third-order valence-electron chi connectivity index (χ3n) is 3.11. The van der Waals surface area contributed by atoms with Crippen LogP contribution in [0.25, 0.3) is 0 Å². The maximum Gasteiger partial charge on any atom is 0.313 e. The lowest BCUT2D eigenvalue weighted by atomic mass is 9.94. The summed E-state index contributed by atoms with van der Waals surface area (Å²) in [6, 6.07) is 8.37. The second kappa shape index (κ2) is 4.56. The van der Waals surface area contributed by atoms with Crippen LogP contribution in [0.4, 0.5) is 5.69 Å². The molecule has 0 unspecified atom stereocenters. The van der Waals surface area contributed by atoms with Crippen LogP contribution in [0.5, 0.6) is 0 Å². The van der Waals surface area contributed by atoms with Crippen LogP contribution in [0.3, 0.4) is 0 Å². The van der Waals surface area contributed by atoms with Crippen molar-refractivity contribution in [3.63, 3.8) is 0 Å². The molecule has 2 rings (SSSR count). The fourth-order valence-corrected chi connectivity index (χ4v) is 2.23. The highest BCUT2D eigenvalue weighted by atomic mass is 16.5. The van der Waals surface area contributed by atoms with Gasteiger partial charge in [-0.3, -0.25) is 4.79 Å². The Morgan fingerprint density at radius 3 is 2.88 bits per heavy atom. The smallest absolute Gasteiger partial charge is 0.313 e. The van der Waals surface area contributed by atoms with Crippen molar-refractivity contribution in [1.82, 2.24) is 0 Å². The van der Waals surface area contributed by atoms with Gasteiger partial charge in [0, 0.05) is 11.7 Å². The van der Waals surface area contributed by atoms with Gasteiger partial charge in [-0.2, -0.15) is 0 Å². The zero-order valence-corrected chi connectivity index (χ0v) is 9.69. The summed E-state index contributed by atoms with van der Waals surface area (Å²) < 4.78 is 4.87. The molecule has 0 aliphatic carbocycles. The minimum absolute atomic E-state index is 0.126. The molecular weight excluding hydrogens is 202 g/mol. The minimum Gasteiger partial charge on any atom is -0.469 e. The van der Waals surface area contributed by atoms with Crippen molar-refractivity contribution in [2.75, 3.05) is 12.4 Å². The van der Waals surface area contributed by atoms with Gasteiger partial charge in [-0.05, 0) is 31.4 Å². The van der Waals surface area contributed by atoms with E-state index in [1.165, 1.54) is 7.11 Å². The molecule has 0 bridgehead atoms. The average Bonchev–Trinajstić information content (AvgIpc) is 2.46. The molecule has 16 heavy (non-hydrogen) atoms. The molecule has 1 aromatic carbocycles. The Bertz CT molecular complexity index is 389. The SMILES string of the molecule is COC(=O)[C@H]1CC[C@@H](C)Nc2ccccc21. The summed E-state index contributed by atoms with van der Waals surface area (Å²) in [4.78, 5) is 11.7. The molecule has 1 heterocycles. The number of methoxy groups -OCH3 is 1. The summed E-state index contributed by atoms with van der Waals surface area (Å²) in [7, 11) is 1.45. The molecule has 1 aromatic rings. The Kier molecular flexibility index (Phi) is 3.13. The van der Waals surface area contributed by atoms with E-state index in [-0.39, 0.29) is 11.9 Å². The largest absolute Gasteiger partial charge is 0.469 e. The van der Waals surface area contributed by atoms with Crippen LogP contribution in [0, 0.1) is 0 Å². The van der Waals surface area contributed by atoms with E-state index in [0.717, 1.165) is 24.1 Å². The molecule has 0 radical (unpaired) electrons. The van der Waals surface area contributed by atoms with E-state index in [1.807, 2.05) is 24.3 Å². The standard InChI is InChI=1S/C13H17NO2/c1-9-7-8-11(13(15)16-2)10-5-3-4-6-12(10)14-9/h3-6,9,11,14H,7-8H2,1-2H3/t9-,11+/m1/s1. The Hall–Kier alpha value is -1.51. The quantitative estimate of drug-likeness (QED) is 0.738. The number of carbonyl (C=O) groups excluding carboxylic acids is 1. The summed E-state index contributed by atoms with van der Waals surface area (Å²) in [6.07, 6.45) is 1.83. The Morgan fingerprint density at radius 1 is 1.38 bits per heavy atom. The normalized spacial score (nSPS) is 23.9. The van der Waals surface area contributed by atoms with Gasteiger partial charge >= 0.3 is 5.97 Å². The molecule has 0 fully saturated rings. The van der Waals surface area contributed by atoms with Crippen LogP contribution in [0.1, 0.15) is 31.2 Å². The number of rotatable bonds is 1. The fourth-order valence-electron chi connectivity index (χ4n) is 2.23. The number of ether oxygens (including phenoxy) is 1. The van der Waals surface area contributed by atoms with Crippen molar-refractivity contribution < 1.29 is 9.53 Å². The van der Waals surface area contributed by atoms with Crippen molar-refractivity contribution in [2.45, 2.75) is 31.7 Å². The van der Waals surface area contributed by atoms with Gasteiger partial charge in [-0.1, -0.05) is 18.2 Å². The predicted molar refractivity (Wildman–Crippen MR) is 63.5 cm³/mol. The summed E-state index contributed by atoms with van der Waals surface area (Å²) in [5, 5.41) is 3.42. The van der Waals surface area contributed by atoms with Crippen molar-refractivity contribution in [1.29, 1.82) is 0 Å². The number of hydrogen-bond acceptors (Lipinski definition) is 3. The highest BCUT2D eigenvalue weighted by molar-refractivity contribution is 5.81. The maximum atomic E-state index is 11.7. The van der Waals surface area contributed by atoms with Crippen LogP contribution >= 0.6 is 0 Å². The second-order valence-electron chi connectivity index (χ2n) is 4.29. The van der Waals surface area contributed by atoms with E-state index >= 15 is 0 Å². The van der Waals surface area contributed by atoms with E-state index in [9.17, 15) is 4.79 Å². The average molecular weight is 219 g/mol. The number of nitrogens with one attached hydrogen (secondary N) is 1. The van der Waals surface area contributed by atoms with E-state index < -0.39 is 0 Å². The fraction of sp³-hybridized carbons (Fsp3) is 0.462. The van der Waals surface area contributed by atoms with Crippen molar-refractivity contribution in [3.8, 4) is 0 Å². The van der Waals surface area contributed by atoms with Crippen molar-refractivity contribution in [2.24, 2.45) is 0 Å². The van der Waals surface area contributed by atoms with Crippen LogP contribution in [-0.4, -0.2) is 19.1 Å². The first-order chi connectivity index (χ1) is 7.72. The van der Waals surface area contributed by atoms with Crippen LogP contribution in [0.15, 0.2) is 24.3 Å². The zero-order valence-electron chi connectivity index (χ0n) is 9.69. The van der Waals surface area contributed by atoms with E-state index in [1.54, 1.807) is 0 Å². The van der Waals surface area contributed by atoms with E-state index in [0.29, 0.717) is 6.04 Å². The molecule has 0 spiro atoms. The molecule has 3 heteroatoms. The highest BCUT2D eigenvalue weighted by Crippen LogP contribution is 2.33. The van der Waals surface area contributed by atoms with Crippen LogP contribution in [-0.2, 0) is 9.53 Å². The van der Waals surface area contributed by atoms with Gasteiger partial charge in [-0.15, -0.1) is 0 Å². The molecule has 3 nitrogen and oxygen atoms in total. The first-order valence-corrected chi connectivity index (χ1v) is 5.65. The number of carbonyl (C=O) groups is 1. The molecular formula is C13H17NO2. The number of benzene rings is 1. The number of anilines is 1. The summed E-state index contributed by atoms with van der Waals surface area (Å²) in [5.41, 5.74) is 2.11. The number of hydrogen-bond donors (Lipinski definition) is 1. The number of fused-ring (bicyclic) bond motifs is 1. The first kappa shape index (κ1) is 11.0. The topological polar surface area (TPSA) is 38.3 Å². The lowest BCUT2D eigenvalue weighted by molar-refractivity contribution is -0.142. The van der Waals surface area contributed by atoms with Gasteiger partial charge in [0.15, 0.2) is 0 Å². The Morgan fingerprint density at radius 2 is 2.12 bits per heavy atom. The predicted octanol–water partition coefficient (Wildman–Crippen LogP) is 2.54. The van der Waals surface area contributed by atoms with E-state index in [4.69, 9.17) is 4.74 Å². The first-order valence-electron chi connectivity index (χ1n) is 5.65. The third-order valence-corrected chi connectivity index (χ3v) is 3.11. The molecule has 0 aromatic heterocycles. The Labute approximate surface area is 95.8 Å². The van der Waals surface area contributed by atoms with Crippen molar-refractivity contribution >= 4 is 11.7 Å². The summed E-state index contributed by atoms with van der Waals surface area (Å²) in [6.45, 7) is 2.14. The second-order valence-corrected chi connectivity index (χ2v) is 4.29. The zero-order chi connectivity index (χ0) is 11.5. The van der Waals surface area contributed by atoms with Gasteiger partial charge in [0.25, 0.3) is 0 Å². The van der Waals surface area contributed by atoms with Crippen molar-refractivity contribution in [3.05, 3.63) is 29.8 Å². The molecule has 1 aliphatic rings. The molecule has 0 amide bonds. The summed E-state index contributed by atoms with van der Waals surface area (Å²) >= 11 is 0. The molecule has 0 saturated heterocycles. The molecule has 0 saturated carbocycles. The maximum absolute atomic E-state index is 11.7. The van der Waals surface area contributed by atoms with Gasteiger partial charge in [0.05, 0.1) is 13.0 Å². The monoisotopic (exact) mass is 219 g/mol. The van der Waals surface area contributed by atoms with Gasteiger partial charge in [0.1, 0.15) is 0 Å². The van der Waals surface area contributed by atoms with Crippen LogP contribution < -0.4 is 5.32 Å². The lowest BCUT2D eigenvalue weighted by Gasteiger charge is -2.14. The molecule has 2 atom stereocenters. The van der Waals surface area contributed by atoms with Gasteiger partial charge < -0.3 is 10.1 Å². The highest BCUT2D eigenvalue weighted by Gasteiger charge is 2.27. The molecule has 86 valence electrons. The molecule has 1 N–H and O–H groups in total. The van der Waals surface area contributed by atoms with Gasteiger partial charge in [0.2, 0.25) is 0 Å². The third kappa shape index (κ3) is 2.03. The Balaban J connectivity index is 2.38.